The maximum atomic E-state index is 11.3. The number of aliphatic carboxylic acids is 1. The zero-order valence-corrected chi connectivity index (χ0v) is 9.82. The zero-order chi connectivity index (χ0) is 12.1. The molecular weight excluding hydrogens is 208 g/mol. The molecule has 3 atom stereocenters. The van der Waals surface area contributed by atoms with Gasteiger partial charge in [0.2, 0.25) is 0 Å². The number of hydrogen-bond donors (Lipinski definition) is 3. The van der Waals surface area contributed by atoms with Crippen LogP contribution >= 0.6 is 0 Å². The van der Waals surface area contributed by atoms with E-state index in [2.05, 4.69) is 17.6 Å². The van der Waals surface area contributed by atoms with E-state index in [-0.39, 0.29) is 0 Å². The van der Waals surface area contributed by atoms with Crippen LogP contribution in [0.3, 0.4) is 0 Å². The van der Waals surface area contributed by atoms with Crippen molar-refractivity contribution in [3.05, 3.63) is 0 Å². The molecule has 0 spiro atoms. The summed E-state index contributed by atoms with van der Waals surface area (Å²) in [7, 11) is 0. The summed E-state index contributed by atoms with van der Waals surface area (Å²) < 4.78 is 0. The Labute approximate surface area is 95.6 Å². The van der Waals surface area contributed by atoms with Crippen molar-refractivity contribution in [2.75, 3.05) is 6.54 Å². The van der Waals surface area contributed by atoms with Gasteiger partial charge in [0.05, 0.1) is 0 Å². The van der Waals surface area contributed by atoms with Crippen LogP contribution in [0.4, 0.5) is 4.79 Å². The molecule has 0 radical (unpaired) electrons. The van der Waals surface area contributed by atoms with Gasteiger partial charge in [-0.3, -0.25) is 4.79 Å². The van der Waals surface area contributed by atoms with Gasteiger partial charge in [-0.05, 0) is 25.2 Å². The predicted molar refractivity (Wildman–Crippen MR) is 60.1 cm³/mol. The molecule has 0 aromatic rings. The molecule has 2 amide bonds. The highest BCUT2D eigenvalue weighted by Crippen LogP contribution is 2.30. The van der Waals surface area contributed by atoms with Crippen molar-refractivity contribution >= 4 is 12.0 Å². The summed E-state index contributed by atoms with van der Waals surface area (Å²) in [5.74, 6) is 0.160. The number of carbonyl (C=O) groups excluding carboxylic acids is 1. The molecule has 5 heteroatoms. The number of carbonyl (C=O) groups is 2. The highest BCUT2D eigenvalue weighted by molar-refractivity contribution is 5.82. The van der Waals surface area contributed by atoms with Crippen molar-refractivity contribution in [3.63, 3.8) is 0 Å². The average molecular weight is 228 g/mol. The van der Waals surface area contributed by atoms with Crippen LogP contribution < -0.4 is 10.6 Å². The van der Waals surface area contributed by atoms with Crippen molar-refractivity contribution in [2.24, 2.45) is 11.8 Å². The highest BCUT2D eigenvalue weighted by atomic mass is 16.4. The van der Waals surface area contributed by atoms with E-state index in [0.717, 1.165) is 6.42 Å². The van der Waals surface area contributed by atoms with Crippen LogP contribution in [0.2, 0.25) is 0 Å². The summed E-state index contributed by atoms with van der Waals surface area (Å²) in [5, 5.41) is 13.7. The molecule has 1 fully saturated rings. The van der Waals surface area contributed by atoms with E-state index >= 15 is 0 Å². The molecule has 0 aromatic heterocycles. The average Bonchev–Trinajstić information content (AvgIpc) is 2.61. The number of carboxylic acids is 1. The SMILES string of the molecule is CC(NC(=O)NCC1CCCC1C)C(=O)O. The number of amides is 2. The third-order valence-electron chi connectivity index (χ3n) is 3.28. The van der Waals surface area contributed by atoms with E-state index in [1.165, 1.54) is 19.8 Å². The molecule has 3 unspecified atom stereocenters. The van der Waals surface area contributed by atoms with Gasteiger partial charge in [0.25, 0.3) is 0 Å². The Kier molecular flexibility index (Phi) is 4.58. The molecular formula is C11H20N2O3. The molecule has 1 aliphatic rings. The fourth-order valence-corrected chi connectivity index (χ4v) is 2.06. The van der Waals surface area contributed by atoms with E-state index in [1.807, 2.05) is 0 Å². The maximum Gasteiger partial charge on any atom is 0.325 e. The van der Waals surface area contributed by atoms with E-state index in [0.29, 0.717) is 18.4 Å². The number of carboxylic acid groups (broad SMARTS) is 1. The zero-order valence-electron chi connectivity index (χ0n) is 9.82. The van der Waals surface area contributed by atoms with Crippen LogP contribution in [0.25, 0.3) is 0 Å². The van der Waals surface area contributed by atoms with Crippen LogP contribution in [-0.4, -0.2) is 29.7 Å². The molecule has 3 N–H and O–H groups in total. The Hall–Kier alpha value is -1.26. The molecule has 1 saturated carbocycles. The molecule has 0 bridgehead atoms. The van der Waals surface area contributed by atoms with Crippen LogP contribution in [-0.2, 0) is 4.79 Å². The minimum absolute atomic E-state index is 0.394. The van der Waals surface area contributed by atoms with Crippen LogP contribution in [0.1, 0.15) is 33.1 Å². The minimum atomic E-state index is -1.02. The van der Waals surface area contributed by atoms with Gasteiger partial charge in [-0.1, -0.05) is 19.8 Å². The first kappa shape index (κ1) is 12.8. The normalized spacial score (nSPS) is 26.1. The van der Waals surface area contributed by atoms with E-state index < -0.39 is 18.0 Å². The van der Waals surface area contributed by atoms with Gasteiger partial charge < -0.3 is 15.7 Å². The summed E-state index contributed by atoms with van der Waals surface area (Å²) in [6.07, 6.45) is 3.59. The number of nitrogens with one attached hydrogen (secondary N) is 2. The van der Waals surface area contributed by atoms with Crippen LogP contribution in [0, 0.1) is 11.8 Å². The number of rotatable bonds is 4. The van der Waals surface area contributed by atoms with Crippen LogP contribution in [0.15, 0.2) is 0 Å². The summed E-state index contributed by atoms with van der Waals surface area (Å²) in [6.45, 7) is 4.27. The van der Waals surface area contributed by atoms with Crippen molar-refractivity contribution in [1.29, 1.82) is 0 Å². The second-order valence-corrected chi connectivity index (χ2v) is 4.58. The first-order chi connectivity index (χ1) is 7.50. The lowest BCUT2D eigenvalue weighted by molar-refractivity contribution is -0.138. The van der Waals surface area contributed by atoms with Crippen molar-refractivity contribution < 1.29 is 14.7 Å². The van der Waals surface area contributed by atoms with Gasteiger partial charge in [0.1, 0.15) is 6.04 Å². The monoisotopic (exact) mass is 228 g/mol. The van der Waals surface area contributed by atoms with E-state index in [1.54, 1.807) is 0 Å². The third-order valence-corrected chi connectivity index (χ3v) is 3.28. The van der Waals surface area contributed by atoms with Crippen molar-refractivity contribution in [1.82, 2.24) is 10.6 Å². The molecule has 1 aliphatic carbocycles. The van der Waals surface area contributed by atoms with Crippen LogP contribution in [0.5, 0.6) is 0 Å². The van der Waals surface area contributed by atoms with Crippen molar-refractivity contribution in [2.45, 2.75) is 39.2 Å². The quantitative estimate of drug-likeness (QED) is 0.676. The van der Waals surface area contributed by atoms with Gasteiger partial charge in [-0.15, -0.1) is 0 Å². The second-order valence-electron chi connectivity index (χ2n) is 4.58. The first-order valence-electron chi connectivity index (χ1n) is 5.78. The Morgan fingerprint density at radius 1 is 1.44 bits per heavy atom. The summed E-state index contributed by atoms with van der Waals surface area (Å²) >= 11 is 0. The Bertz CT molecular complexity index is 268. The van der Waals surface area contributed by atoms with Crippen molar-refractivity contribution in [3.8, 4) is 0 Å². The Morgan fingerprint density at radius 3 is 2.62 bits per heavy atom. The fraction of sp³-hybridized carbons (Fsp3) is 0.818. The highest BCUT2D eigenvalue weighted by Gasteiger charge is 2.23. The number of hydrogen-bond acceptors (Lipinski definition) is 2. The largest absolute Gasteiger partial charge is 0.480 e. The molecule has 92 valence electrons. The molecule has 16 heavy (non-hydrogen) atoms. The van der Waals surface area contributed by atoms with Gasteiger partial charge >= 0.3 is 12.0 Å². The van der Waals surface area contributed by atoms with Gasteiger partial charge in [0, 0.05) is 6.54 Å². The topological polar surface area (TPSA) is 78.4 Å². The van der Waals surface area contributed by atoms with Gasteiger partial charge in [0.15, 0.2) is 0 Å². The van der Waals surface area contributed by atoms with E-state index in [4.69, 9.17) is 5.11 Å². The molecule has 1 rings (SSSR count). The molecule has 0 saturated heterocycles. The fourth-order valence-electron chi connectivity index (χ4n) is 2.06. The minimum Gasteiger partial charge on any atom is -0.480 e. The summed E-state index contributed by atoms with van der Waals surface area (Å²) in [4.78, 5) is 21.8. The van der Waals surface area contributed by atoms with Gasteiger partial charge in [-0.25, -0.2) is 4.79 Å². The lowest BCUT2D eigenvalue weighted by Gasteiger charge is -2.17. The first-order valence-corrected chi connectivity index (χ1v) is 5.78. The maximum absolute atomic E-state index is 11.3. The molecule has 0 heterocycles. The third kappa shape index (κ3) is 3.72. The lowest BCUT2D eigenvalue weighted by atomic mass is 9.98. The number of urea groups is 1. The van der Waals surface area contributed by atoms with Gasteiger partial charge in [-0.2, -0.15) is 0 Å². The predicted octanol–water partition coefficient (Wildman–Crippen LogP) is 1.19. The second kappa shape index (κ2) is 5.72. The summed E-state index contributed by atoms with van der Waals surface area (Å²) in [6, 6.07) is -1.24. The Morgan fingerprint density at radius 2 is 2.12 bits per heavy atom. The Balaban J connectivity index is 2.22. The smallest absolute Gasteiger partial charge is 0.325 e. The summed E-state index contributed by atoms with van der Waals surface area (Å²) in [5.41, 5.74) is 0. The van der Waals surface area contributed by atoms with E-state index in [9.17, 15) is 9.59 Å². The molecule has 0 aromatic carbocycles. The standard InChI is InChI=1S/C11H20N2O3/c1-7-4-3-5-9(7)6-12-11(16)13-8(2)10(14)15/h7-9H,3-6H2,1-2H3,(H,14,15)(H2,12,13,16). The molecule has 5 nitrogen and oxygen atoms in total. The molecule has 0 aliphatic heterocycles. The lowest BCUT2D eigenvalue weighted by Crippen LogP contribution is -2.45.